The molecule has 0 amide bonds. The number of likely N-dealkylation sites (tertiary alicyclic amines) is 1. The van der Waals surface area contributed by atoms with Crippen LogP contribution in [0.5, 0.6) is 0 Å². The topological polar surface area (TPSA) is 51.9 Å². The van der Waals surface area contributed by atoms with Crippen LogP contribution in [0.3, 0.4) is 0 Å². The molecule has 3 heterocycles. The lowest BCUT2D eigenvalue weighted by Crippen LogP contribution is -2.49. The molecule has 0 radical (unpaired) electrons. The quantitative estimate of drug-likeness (QED) is 0.456. The average Bonchev–Trinajstić information content (AvgIpc) is 3.15. The molecule has 3 rings (SSSR count). The van der Waals surface area contributed by atoms with E-state index in [9.17, 15) is 0 Å². The predicted molar refractivity (Wildman–Crippen MR) is 116 cm³/mol. The Morgan fingerprint density at radius 2 is 2.11 bits per heavy atom. The van der Waals surface area contributed by atoms with Gasteiger partial charge in [-0.15, -0.1) is 0 Å². The molecule has 2 atom stereocenters. The Balaban J connectivity index is 1.52. The normalized spacial score (nSPS) is 25.7. The molecule has 0 bridgehead atoms. The van der Waals surface area contributed by atoms with Crippen molar-refractivity contribution in [1.29, 1.82) is 0 Å². The van der Waals surface area contributed by atoms with E-state index in [1.54, 1.807) is 0 Å². The zero-order chi connectivity index (χ0) is 19.8. The summed E-state index contributed by atoms with van der Waals surface area (Å²) in [5, 5.41) is 3.52. The van der Waals surface area contributed by atoms with Crippen LogP contribution in [0, 0.1) is 5.92 Å². The van der Waals surface area contributed by atoms with Crippen molar-refractivity contribution in [2.75, 3.05) is 66.0 Å². The molecule has 0 aliphatic carbocycles. The summed E-state index contributed by atoms with van der Waals surface area (Å²) < 4.78 is 2.26. The molecule has 0 saturated carbocycles. The minimum Gasteiger partial charge on any atom is -0.357 e. The van der Waals surface area contributed by atoms with Crippen molar-refractivity contribution >= 4 is 5.96 Å². The lowest BCUT2D eigenvalue weighted by molar-refractivity contribution is 0.189. The van der Waals surface area contributed by atoms with Gasteiger partial charge in [0.1, 0.15) is 0 Å². The van der Waals surface area contributed by atoms with Gasteiger partial charge in [-0.05, 0) is 58.8 Å². The first-order chi connectivity index (χ1) is 13.7. The van der Waals surface area contributed by atoms with Gasteiger partial charge in [0.05, 0.1) is 12.4 Å². The minimum absolute atomic E-state index is 0.467. The third-order valence-corrected chi connectivity index (χ3v) is 6.17. The van der Waals surface area contributed by atoms with Crippen LogP contribution < -0.4 is 5.32 Å². The maximum atomic E-state index is 4.97. The molecule has 0 spiro atoms. The first-order valence-electron chi connectivity index (χ1n) is 11.1. The van der Waals surface area contributed by atoms with Crippen LogP contribution in [0.1, 0.15) is 39.2 Å². The van der Waals surface area contributed by atoms with Crippen LogP contribution in [0.25, 0.3) is 0 Å². The first-order valence-corrected chi connectivity index (χ1v) is 11.1. The summed E-state index contributed by atoms with van der Waals surface area (Å²) in [6, 6.07) is 0.467. The van der Waals surface area contributed by atoms with Crippen molar-refractivity contribution in [2.24, 2.45) is 10.9 Å². The highest BCUT2D eigenvalue weighted by Gasteiger charge is 2.28. The van der Waals surface area contributed by atoms with E-state index < -0.39 is 0 Å². The van der Waals surface area contributed by atoms with Crippen LogP contribution in [-0.2, 0) is 0 Å². The molecule has 0 aromatic carbocycles. The molecular weight excluding hydrogens is 350 g/mol. The molecule has 2 saturated heterocycles. The smallest absolute Gasteiger partial charge is 0.193 e. The molecule has 1 aromatic rings. The number of likely N-dealkylation sites (N-methyl/N-ethyl adjacent to an activating group) is 1. The molecule has 2 unspecified atom stereocenters. The van der Waals surface area contributed by atoms with E-state index in [1.807, 2.05) is 12.5 Å². The second kappa shape index (κ2) is 10.8. The van der Waals surface area contributed by atoms with E-state index in [1.165, 1.54) is 39.0 Å². The fourth-order valence-electron chi connectivity index (χ4n) is 4.32. The zero-order valence-corrected chi connectivity index (χ0v) is 18.1. The number of hydrogen-bond acceptors (Lipinski definition) is 4. The minimum atomic E-state index is 0.467. The Labute approximate surface area is 170 Å². The molecule has 2 fully saturated rings. The summed E-state index contributed by atoms with van der Waals surface area (Å²) in [4.78, 5) is 16.7. The van der Waals surface area contributed by atoms with Crippen LogP contribution >= 0.6 is 0 Å². The second-order valence-electron chi connectivity index (χ2n) is 8.38. The third kappa shape index (κ3) is 5.95. The molecule has 2 aliphatic rings. The summed E-state index contributed by atoms with van der Waals surface area (Å²) in [7, 11) is 2.23. The third-order valence-electron chi connectivity index (χ3n) is 6.17. The van der Waals surface area contributed by atoms with Gasteiger partial charge in [-0.3, -0.25) is 4.99 Å². The summed E-state index contributed by atoms with van der Waals surface area (Å²) in [6.45, 7) is 14.4. The summed E-state index contributed by atoms with van der Waals surface area (Å²) in [5.41, 5.74) is 0. The number of hydrogen-bond donors (Lipinski definition) is 1. The molecule has 2 aliphatic heterocycles. The number of aliphatic imine (C=N–C) groups is 1. The highest BCUT2D eigenvalue weighted by molar-refractivity contribution is 5.80. The Kier molecular flexibility index (Phi) is 8.15. The maximum Gasteiger partial charge on any atom is 0.193 e. The van der Waals surface area contributed by atoms with Crippen molar-refractivity contribution in [2.45, 2.75) is 39.2 Å². The van der Waals surface area contributed by atoms with E-state index >= 15 is 0 Å². The molecule has 7 nitrogen and oxygen atoms in total. The number of piperidine rings is 1. The number of rotatable bonds is 6. The molecule has 158 valence electrons. The highest BCUT2D eigenvalue weighted by Crippen LogP contribution is 2.27. The van der Waals surface area contributed by atoms with Crippen molar-refractivity contribution < 1.29 is 0 Å². The number of aromatic nitrogens is 2. The Morgan fingerprint density at radius 3 is 2.89 bits per heavy atom. The van der Waals surface area contributed by atoms with E-state index in [2.05, 4.69) is 56.7 Å². The first kappa shape index (κ1) is 21.1. The Bertz CT molecular complexity index is 586. The molecule has 7 heteroatoms. The van der Waals surface area contributed by atoms with Gasteiger partial charge in [-0.2, -0.15) is 0 Å². The van der Waals surface area contributed by atoms with Crippen LogP contribution in [-0.4, -0.2) is 96.2 Å². The van der Waals surface area contributed by atoms with Crippen molar-refractivity contribution in [1.82, 2.24) is 29.6 Å². The average molecular weight is 390 g/mol. The fourth-order valence-corrected chi connectivity index (χ4v) is 4.32. The standard InChI is InChI=1S/C21H39N7/c1-4-23-21(24-8-5-11-26-12-6-10-25(3)15-16-26)27-13-7-19(2)20(17-27)28-14-9-22-18-28/h9,14,18-20H,4-8,10-13,15-17H2,1-3H3,(H,23,24). The van der Waals surface area contributed by atoms with Crippen LogP contribution in [0.15, 0.2) is 23.7 Å². The van der Waals surface area contributed by atoms with Gasteiger partial charge in [-0.1, -0.05) is 6.92 Å². The Morgan fingerprint density at radius 1 is 1.21 bits per heavy atom. The van der Waals surface area contributed by atoms with Gasteiger partial charge in [0.2, 0.25) is 0 Å². The predicted octanol–water partition coefficient (Wildman–Crippen LogP) is 1.76. The summed E-state index contributed by atoms with van der Waals surface area (Å²) >= 11 is 0. The van der Waals surface area contributed by atoms with Crippen molar-refractivity contribution in [3.8, 4) is 0 Å². The van der Waals surface area contributed by atoms with Gasteiger partial charge in [0.25, 0.3) is 0 Å². The van der Waals surface area contributed by atoms with Gasteiger partial charge in [0.15, 0.2) is 5.96 Å². The second-order valence-corrected chi connectivity index (χ2v) is 8.38. The van der Waals surface area contributed by atoms with Crippen molar-refractivity contribution in [3.05, 3.63) is 18.7 Å². The van der Waals surface area contributed by atoms with Gasteiger partial charge >= 0.3 is 0 Å². The Hall–Kier alpha value is -1.60. The van der Waals surface area contributed by atoms with E-state index in [0.29, 0.717) is 12.0 Å². The fraction of sp³-hybridized carbons (Fsp3) is 0.810. The number of guanidine groups is 1. The SMILES string of the molecule is CCNC(=NCCCN1CCCN(C)CC1)N1CCC(C)C(n2ccnc2)C1. The molecule has 1 N–H and O–H groups in total. The zero-order valence-electron chi connectivity index (χ0n) is 18.1. The maximum absolute atomic E-state index is 4.97. The van der Waals surface area contributed by atoms with E-state index in [4.69, 9.17) is 4.99 Å². The molecule has 28 heavy (non-hydrogen) atoms. The van der Waals surface area contributed by atoms with Gasteiger partial charge in [0, 0.05) is 51.7 Å². The number of nitrogens with zero attached hydrogens (tertiary/aromatic N) is 6. The van der Waals surface area contributed by atoms with Gasteiger partial charge < -0.3 is 24.6 Å². The lowest BCUT2D eigenvalue weighted by Gasteiger charge is -2.39. The molecule has 1 aromatic heterocycles. The van der Waals surface area contributed by atoms with Crippen molar-refractivity contribution in [3.63, 3.8) is 0 Å². The number of nitrogens with one attached hydrogen (secondary N) is 1. The van der Waals surface area contributed by atoms with E-state index in [0.717, 1.165) is 45.1 Å². The largest absolute Gasteiger partial charge is 0.357 e. The monoisotopic (exact) mass is 389 g/mol. The van der Waals surface area contributed by atoms with E-state index in [-0.39, 0.29) is 0 Å². The van der Waals surface area contributed by atoms with Crippen LogP contribution in [0.2, 0.25) is 0 Å². The summed E-state index contributed by atoms with van der Waals surface area (Å²) in [6.07, 6.45) is 9.53. The lowest BCUT2D eigenvalue weighted by atomic mass is 9.93. The highest BCUT2D eigenvalue weighted by atomic mass is 15.3. The van der Waals surface area contributed by atoms with Crippen LogP contribution in [0.4, 0.5) is 0 Å². The summed E-state index contributed by atoms with van der Waals surface area (Å²) in [5.74, 6) is 1.74. The van der Waals surface area contributed by atoms with Gasteiger partial charge in [-0.25, -0.2) is 4.98 Å². The molecular formula is C21H39N7. The number of imidazole rings is 1.